The Labute approximate surface area is 119 Å². The van der Waals surface area contributed by atoms with Crippen LogP contribution in [0.4, 0.5) is 0 Å². The van der Waals surface area contributed by atoms with Crippen LogP contribution in [0.3, 0.4) is 0 Å². The lowest BCUT2D eigenvalue weighted by atomic mass is 9.85. The number of hydrogen-bond donors (Lipinski definition) is 0. The molecule has 4 rings (SSSR count). The van der Waals surface area contributed by atoms with Gasteiger partial charge in [0.15, 0.2) is 5.84 Å². The van der Waals surface area contributed by atoms with Gasteiger partial charge in [-0.15, -0.1) is 4.40 Å². The molecule has 2 aliphatic heterocycles. The van der Waals surface area contributed by atoms with E-state index in [0.717, 1.165) is 18.0 Å². The average molecular weight is 290 g/mol. The van der Waals surface area contributed by atoms with Crippen molar-refractivity contribution in [1.82, 2.24) is 4.90 Å². The fourth-order valence-corrected chi connectivity index (χ4v) is 5.18. The lowest BCUT2D eigenvalue weighted by molar-refractivity contribution is 0.254. The standard InChI is InChI=1S/C15H18N2O2S/c18-20(19)14-8-4-2-6-12(14)15(16-20)17-10-9-11-5-1-3-7-13(11)17/h2,4,6,8,11,13H,1,3,5,7,9-10H2. The Morgan fingerprint density at radius 1 is 1.10 bits per heavy atom. The molecule has 0 spiro atoms. The summed E-state index contributed by atoms with van der Waals surface area (Å²) in [5.41, 5.74) is 0.790. The molecule has 4 nitrogen and oxygen atoms in total. The summed E-state index contributed by atoms with van der Waals surface area (Å²) < 4.78 is 28.4. The largest absolute Gasteiger partial charge is 0.352 e. The van der Waals surface area contributed by atoms with Gasteiger partial charge in [-0.25, -0.2) is 0 Å². The van der Waals surface area contributed by atoms with E-state index in [-0.39, 0.29) is 0 Å². The van der Waals surface area contributed by atoms with Crippen molar-refractivity contribution < 1.29 is 8.42 Å². The lowest BCUT2D eigenvalue weighted by Crippen LogP contribution is -2.39. The first-order valence-electron chi connectivity index (χ1n) is 7.38. The van der Waals surface area contributed by atoms with Gasteiger partial charge >= 0.3 is 0 Å². The van der Waals surface area contributed by atoms with Crippen molar-refractivity contribution in [3.05, 3.63) is 29.8 Å². The second-order valence-corrected chi connectivity index (χ2v) is 7.55. The van der Waals surface area contributed by atoms with Crippen LogP contribution in [0.1, 0.15) is 37.7 Å². The van der Waals surface area contributed by atoms with Crippen LogP contribution in [0.15, 0.2) is 33.6 Å². The predicted molar refractivity (Wildman–Crippen MR) is 77.2 cm³/mol. The van der Waals surface area contributed by atoms with Gasteiger partial charge in [0.1, 0.15) is 4.90 Å². The topological polar surface area (TPSA) is 49.7 Å². The van der Waals surface area contributed by atoms with Gasteiger partial charge in [-0.05, 0) is 37.3 Å². The van der Waals surface area contributed by atoms with E-state index in [4.69, 9.17) is 0 Å². The maximum Gasteiger partial charge on any atom is 0.285 e. The summed E-state index contributed by atoms with van der Waals surface area (Å²) in [5.74, 6) is 1.41. The maximum absolute atomic E-state index is 12.2. The summed E-state index contributed by atoms with van der Waals surface area (Å²) in [4.78, 5) is 2.63. The third-order valence-corrected chi connectivity index (χ3v) is 6.22. The zero-order valence-electron chi connectivity index (χ0n) is 11.3. The SMILES string of the molecule is O=S1(=O)N=C(N2CCC3CCCCC32)c2ccccc21. The van der Waals surface area contributed by atoms with Gasteiger partial charge in [0.25, 0.3) is 10.0 Å². The number of nitrogens with zero attached hydrogens (tertiary/aromatic N) is 2. The molecule has 1 aliphatic carbocycles. The summed E-state index contributed by atoms with van der Waals surface area (Å²) in [6.45, 7) is 0.942. The minimum atomic E-state index is -3.48. The van der Waals surface area contributed by atoms with Gasteiger partial charge in [0.05, 0.1) is 0 Å². The summed E-state index contributed by atoms with van der Waals surface area (Å²) in [7, 11) is -3.48. The molecule has 0 bridgehead atoms. The Hall–Kier alpha value is -1.36. The fourth-order valence-electron chi connectivity index (χ4n) is 3.96. The van der Waals surface area contributed by atoms with Crippen LogP contribution in [0.25, 0.3) is 0 Å². The van der Waals surface area contributed by atoms with Crippen LogP contribution in [0, 0.1) is 5.92 Å². The first kappa shape index (κ1) is 12.4. The smallest absolute Gasteiger partial charge is 0.285 e. The van der Waals surface area contributed by atoms with Gasteiger partial charge in [-0.2, -0.15) is 8.42 Å². The molecule has 2 heterocycles. The number of sulfonamides is 1. The molecule has 1 aromatic carbocycles. The van der Waals surface area contributed by atoms with Crippen LogP contribution in [-0.4, -0.2) is 31.7 Å². The zero-order chi connectivity index (χ0) is 13.7. The average Bonchev–Trinajstić information content (AvgIpc) is 2.99. The van der Waals surface area contributed by atoms with Crippen LogP contribution in [0.5, 0.6) is 0 Å². The van der Waals surface area contributed by atoms with Crippen molar-refractivity contribution in [1.29, 1.82) is 0 Å². The van der Waals surface area contributed by atoms with Crippen LogP contribution >= 0.6 is 0 Å². The highest BCUT2D eigenvalue weighted by atomic mass is 32.2. The summed E-state index contributed by atoms with van der Waals surface area (Å²) in [6.07, 6.45) is 6.19. The highest BCUT2D eigenvalue weighted by Gasteiger charge is 2.41. The molecule has 2 unspecified atom stereocenters. The molecular weight excluding hydrogens is 272 g/mol. The van der Waals surface area contributed by atoms with Gasteiger partial charge in [-0.3, -0.25) is 0 Å². The van der Waals surface area contributed by atoms with Crippen molar-refractivity contribution >= 4 is 15.9 Å². The number of fused-ring (bicyclic) bond motifs is 2. The Balaban J connectivity index is 1.77. The molecule has 0 radical (unpaired) electrons. The van der Waals surface area contributed by atoms with E-state index in [2.05, 4.69) is 9.30 Å². The molecule has 20 heavy (non-hydrogen) atoms. The summed E-state index contributed by atoms with van der Waals surface area (Å²) in [5, 5.41) is 0. The monoisotopic (exact) mass is 290 g/mol. The van der Waals surface area contributed by atoms with Crippen LogP contribution < -0.4 is 0 Å². The Morgan fingerprint density at radius 2 is 1.90 bits per heavy atom. The number of rotatable bonds is 0. The Morgan fingerprint density at radius 3 is 2.80 bits per heavy atom. The van der Waals surface area contributed by atoms with Gasteiger partial charge in [0, 0.05) is 18.2 Å². The maximum atomic E-state index is 12.2. The normalized spacial score (nSPS) is 30.8. The molecule has 3 aliphatic rings. The van der Waals surface area contributed by atoms with Crippen molar-refractivity contribution in [2.24, 2.45) is 10.3 Å². The molecule has 1 saturated carbocycles. The highest BCUT2D eigenvalue weighted by Crippen LogP contribution is 2.39. The summed E-state index contributed by atoms with van der Waals surface area (Å²) in [6, 6.07) is 7.69. The van der Waals surface area contributed by atoms with E-state index in [0.29, 0.717) is 16.8 Å². The van der Waals surface area contributed by atoms with Gasteiger partial charge < -0.3 is 4.90 Å². The number of amidine groups is 1. The Kier molecular flexibility index (Phi) is 2.67. The molecular formula is C15H18N2O2S. The minimum absolute atomic E-state index is 0.370. The van der Waals surface area contributed by atoms with Crippen molar-refractivity contribution in [2.75, 3.05) is 6.54 Å². The van der Waals surface area contributed by atoms with E-state index in [1.165, 1.54) is 32.1 Å². The first-order valence-corrected chi connectivity index (χ1v) is 8.82. The lowest BCUT2D eigenvalue weighted by Gasteiger charge is -2.32. The second-order valence-electron chi connectivity index (χ2n) is 5.98. The molecule has 2 fully saturated rings. The third-order valence-electron chi connectivity index (χ3n) is 4.89. The van der Waals surface area contributed by atoms with Crippen molar-refractivity contribution in [3.63, 3.8) is 0 Å². The second kappa shape index (κ2) is 4.32. The number of likely N-dealkylation sites (tertiary alicyclic amines) is 1. The molecule has 0 N–H and O–H groups in total. The van der Waals surface area contributed by atoms with E-state index in [1.807, 2.05) is 12.1 Å². The predicted octanol–water partition coefficient (Wildman–Crippen LogP) is 2.40. The quantitative estimate of drug-likeness (QED) is 0.737. The first-order chi connectivity index (χ1) is 9.67. The molecule has 2 atom stereocenters. The number of hydrogen-bond acceptors (Lipinski definition) is 3. The van der Waals surface area contributed by atoms with Crippen LogP contribution in [0.2, 0.25) is 0 Å². The van der Waals surface area contributed by atoms with Gasteiger partial charge in [-0.1, -0.05) is 25.0 Å². The summed E-state index contributed by atoms with van der Waals surface area (Å²) >= 11 is 0. The molecule has 1 aromatic rings. The van der Waals surface area contributed by atoms with E-state index in [9.17, 15) is 8.42 Å². The Bertz CT molecular complexity index is 681. The third kappa shape index (κ3) is 1.72. The van der Waals surface area contributed by atoms with Crippen molar-refractivity contribution in [3.8, 4) is 0 Å². The highest BCUT2D eigenvalue weighted by molar-refractivity contribution is 7.90. The molecule has 0 aromatic heterocycles. The van der Waals surface area contributed by atoms with E-state index < -0.39 is 10.0 Å². The van der Waals surface area contributed by atoms with E-state index >= 15 is 0 Å². The number of benzene rings is 1. The minimum Gasteiger partial charge on any atom is -0.352 e. The molecule has 5 heteroatoms. The molecule has 0 amide bonds. The molecule has 106 valence electrons. The molecule has 1 saturated heterocycles. The van der Waals surface area contributed by atoms with Gasteiger partial charge in [0.2, 0.25) is 0 Å². The van der Waals surface area contributed by atoms with Crippen molar-refractivity contribution in [2.45, 2.75) is 43.0 Å². The van der Waals surface area contributed by atoms with E-state index in [1.54, 1.807) is 12.1 Å². The van der Waals surface area contributed by atoms with Crippen LogP contribution in [-0.2, 0) is 10.0 Å². The zero-order valence-corrected chi connectivity index (χ0v) is 12.1. The fraction of sp³-hybridized carbons (Fsp3) is 0.533.